The third kappa shape index (κ3) is 2.58. The molecule has 0 saturated heterocycles. The van der Waals surface area contributed by atoms with E-state index >= 15 is 0 Å². The summed E-state index contributed by atoms with van der Waals surface area (Å²) in [5.74, 6) is 2.36. The number of hydrogen-bond acceptors (Lipinski definition) is 2. The molecule has 0 unspecified atom stereocenters. The lowest BCUT2D eigenvalue weighted by atomic mass is 9.85. The molecule has 1 fully saturated rings. The second-order valence-electron chi connectivity index (χ2n) is 5.65. The van der Waals surface area contributed by atoms with Crippen molar-refractivity contribution in [1.82, 2.24) is 4.98 Å². The number of aromatic nitrogens is 1. The van der Waals surface area contributed by atoms with Crippen LogP contribution in [0.1, 0.15) is 55.2 Å². The average Bonchev–Trinajstić information content (AvgIpc) is 2.83. The summed E-state index contributed by atoms with van der Waals surface area (Å²) >= 11 is 0. The highest BCUT2D eigenvalue weighted by Gasteiger charge is 2.23. The fourth-order valence-electron chi connectivity index (χ4n) is 3.01. The molecule has 0 aliphatic heterocycles. The molecule has 1 aliphatic rings. The van der Waals surface area contributed by atoms with Gasteiger partial charge in [0.25, 0.3) is 0 Å². The standard InChI is InChI=1S/C17H21NO/c1-12-8-10-15(11-9-12)17-16(18-13(2)19-17)14-6-4-3-5-7-14/h8-11,14H,3-7H2,1-2H3. The molecule has 2 heteroatoms. The van der Waals surface area contributed by atoms with Crippen molar-refractivity contribution in [2.24, 2.45) is 0 Å². The molecule has 0 N–H and O–H groups in total. The first kappa shape index (κ1) is 12.5. The predicted molar refractivity (Wildman–Crippen MR) is 77.2 cm³/mol. The molecule has 1 aliphatic carbocycles. The summed E-state index contributed by atoms with van der Waals surface area (Å²) in [6, 6.07) is 8.55. The van der Waals surface area contributed by atoms with Gasteiger partial charge in [0.2, 0.25) is 0 Å². The van der Waals surface area contributed by atoms with Crippen molar-refractivity contribution in [3.05, 3.63) is 41.4 Å². The van der Waals surface area contributed by atoms with Crippen molar-refractivity contribution >= 4 is 0 Å². The zero-order valence-electron chi connectivity index (χ0n) is 11.8. The number of rotatable bonds is 2. The molecule has 19 heavy (non-hydrogen) atoms. The Bertz CT molecular complexity index is 547. The van der Waals surface area contributed by atoms with Crippen LogP contribution in [-0.4, -0.2) is 4.98 Å². The average molecular weight is 255 g/mol. The van der Waals surface area contributed by atoms with E-state index in [9.17, 15) is 0 Å². The number of nitrogens with zero attached hydrogens (tertiary/aromatic N) is 1. The van der Waals surface area contributed by atoms with Gasteiger partial charge in [0.1, 0.15) is 0 Å². The van der Waals surface area contributed by atoms with Crippen molar-refractivity contribution in [2.45, 2.75) is 51.9 Å². The Kier molecular flexibility index (Phi) is 3.41. The fourth-order valence-corrected chi connectivity index (χ4v) is 3.01. The third-order valence-electron chi connectivity index (χ3n) is 4.07. The second kappa shape index (κ2) is 5.20. The topological polar surface area (TPSA) is 26.0 Å². The number of aryl methyl sites for hydroxylation is 2. The van der Waals surface area contributed by atoms with Crippen LogP contribution in [-0.2, 0) is 0 Å². The second-order valence-corrected chi connectivity index (χ2v) is 5.65. The predicted octanol–water partition coefficient (Wildman–Crippen LogP) is 5.01. The van der Waals surface area contributed by atoms with Crippen LogP contribution in [0.5, 0.6) is 0 Å². The molecule has 1 aromatic carbocycles. The van der Waals surface area contributed by atoms with E-state index in [2.05, 4.69) is 36.2 Å². The normalized spacial score (nSPS) is 16.7. The molecule has 1 heterocycles. The maximum atomic E-state index is 5.88. The SMILES string of the molecule is Cc1ccc(-c2oc(C)nc2C2CCCCC2)cc1. The minimum atomic E-state index is 0.586. The Balaban J connectivity index is 1.98. The first-order chi connectivity index (χ1) is 9.24. The van der Waals surface area contributed by atoms with Crippen LogP contribution < -0.4 is 0 Å². The molecule has 0 amide bonds. The quantitative estimate of drug-likeness (QED) is 0.754. The van der Waals surface area contributed by atoms with Crippen molar-refractivity contribution < 1.29 is 4.42 Å². The molecular formula is C17H21NO. The van der Waals surface area contributed by atoms with E-state index in [1.807, 2.05) is 6.92 Å². The summed E-state index contributed by atoms with van der Waals surface area (Å²) in [5, 5.41) is 0. The van der Waals surface area contributed by atoms with Gasteiger partial charge in [-0.2, -0.15) is 0 Å². The highest BCUT2D eigenvalue weighted by molar-refractivity contribution is 5.61. The fraction of sp³-hybridized carbons (Fsp3) is 0.471. The molecule has 2 nitrogen and oxygen atoms in total. The molecule has 0 radical (unpaired) electrons. The molecule has 0 atom stereocenters. The van der Waals surface area contributed by atoms with Crippen LogP contribution in [0.4, 0.5) is 0 Å². The molecule has 100 valence electrons. The van der Waals surface area contributed by atoms with E-state index in [4.69, 9.17) is 4.42 Å². The van der Waals surface area contributed by atoms with Gasteiger partial charge >= 0.3 is 0 Å². The van der Waals surface area contributed by atoms with Crippen LogP contribution >= 0.6 is 0 Å². The van der Waals surface area contributed by atoms with Gasteiger partial charge in [-0.05, 0) is 19.8 Å². The Hall–Kier alpha value is -1.57. The van der Waals surface area contributed by atoms with Crippen LogP contribution in [0.3, 0.4) is 0 Å². The van der Waals surface area contributed by atoms with Gasteiger partial charge in [0, 0.05) is 18.4 Å². The van der Waals surface area contributed by atoms with Crippen LogP contribution in [0.15, 0.2) is 28.7 Å². The zero-order chi connectivity index (χ0) is 13.2. The Morgan fingerprint density at radius 3 is 2.37 bits per heavy atom. The van der Waals surface area contributed by atoms with E-state index < -0.39 is 0 Å². The van der Waals surface area contributed by atoms with E-state index in [-0.39, 0.29) is 0 Å². The smallest absolute Gasteiger partial charge is 0.192 e. The summed E-state index contributed by atoms with van der Waals surface area (Å²) < 4.78 is 5.88. The van der Waals surface area contributed by atoms with E-state index in [1.165, 1.54) is 43.4 Å². The first-order valence-electron chi connectivity index (χ1n) is 7.28. The highest BCUT2D eigenvalue weighted by atomic mass is 16.4. The molecule has 1 saturated carbocycles. The lowest BCUT2D eigenvalue weighted by Crippen LogP contribution is -2.06. The largest absolute Gasteiger partial charge is 0.441 e. The minimum Gasteiger partial charge on any atom is -0.441 e. The van der Waals surface area contributed by atoms with Gasteiger partial charge in [-0.15, -0.1) is 0 Å². The van der Waals surface area contributed by atoms with Gasteiger partial charge in [-0.25, -0.2) is 4.98 Å². The summed E-state index contributed by atoms with van der Waals surface area (Å²) in [6.45, 7) is 4.06. The lowest BCUT2D eigenvalue weighted by molar-refractivity contribution is 0.437. The number of hydrogen-bond donors (Lipinski definition) is 0. The van der Waals surface area contributed by atoms with Crippen molar-refractivity contribution in [1.29, 1.82) is 0 Å². The highest BCUT2D eigenvalue weighted by Crippen LogP contribution is 2.38. The Morgan fingerprint density at radius 1 is 1.00 bits per heavy atom. The van der Waals surface area contributed by atoms with Crippen molar-refractivity contribution in [2.75, 3.05) is 0 Å². The van der Waals surface area contributed by atoms with Gasteiger partial charge in [0.05, 0.1) is 5.69 Å². The summed E-state index contributed by atoms with van der Waals surface area (Å²) in [4.78, 5) is 4.67. The number of benzene rings is 1. The maximum Gasteiger partial charge on any atom is 0.192 e. The zero-order valence-corrected chi connectivity index (χ0v) is 11.8. The number of oxazole rings is 1. The molecule has 1 aromatic heterocycles. The summed E-state index contributed by atoms with van der Waals surface area (Å²) in [5.41, 5.74) is 3.62. The van der Waals surface area contributed by atoms with E-state index in [0.717, 1.165) is 17.2 Å². The lowest BCUT2D eigenvalue weighted by Gasteiger charge is -2.20. The minimum absolute atomic E-state index is 0.586. The van der Waals surface area contributed by atoms with E-state index in [0.29, 0.717) is 5.92 Å². The van der Waals surface area contributed by atoms with Crippen LogP contribution in [0.25, 0.3) is 11.3 Å². The van der Waals surface area contributed by atoms with Crippen LogP contribution in [0.2, 0.25) is 0 Å². The maximum absolute atomic E-state index is 5.88. The van der Waals surface area contributed by atoms with Crippen molar-refractivity contribution in [3.63, 3.8) is 0 Å². The summed E-state index contributed by atoms with van der Waals surface area (Å²) in [6.07, 6.45) is 6.52. The van der Waals surface area contributed by atoms with Gasteiger partial charge in [-0.1, -0.05) is 49.1 Å². The van der Waals surface area contributed by atoms with Crippen LogP contribution in [0, 0.1) is 13.8 Å². The molecule has 2 aromatic rings. The molecular weight excluding hydrogens is 234 g/mol. The van der Waals surface area contributed by atoms with E-state index in [1.54, 1.807) is 0 Å². The van der Waals surface area contributed by atoms with Gasteiger partial charge in [0.15, 0.2) is 11.7 Å². The Labute approximate surface area is 114 Å². The molecule has 0 spiro atoms. The molecule has 3 rings (SSSR count). The third-order valence-corrected chi connectivity index (χ3v) is 4.07. The first-order valence-corrected chi connectivity index (χ1v) is 7.28. The van der Waals surface area contributed by atoms with Crippen molar-refractivity contribution in [3.8, 4) is 11.3 Å². The Morgan fingerprint density at radius 2 is 1.68 bits per heavy atom. The monoisotopic (exact) mass is 255 g/mol. The molecule has 0 bridgehead atoms. The van der Waals surface area contributed by atoms with Gasteiger partial charge in [-0.3, -0.25) is 0 Å². The summed E-state index contributed by atoms with van der Waals surface area (Å²) in [7, 11) is 0. The van der Waals surface area contributed by atoms with Gasteiger partial charge < -0.3 is 4.42 Å².